The Kier molecular flexibility index (Phi) is 3.80. The first-order valence-electron chi connectivity index (χ1n) is 5.88. The number of anilines is 1. The van der Waals surface area contributed by atoms with Crippen molar-refractivity contribution in [3.63, 3.8) is 0 Å². The van der Waals surface area contributed by atoms with E-state index in [0.29, 0.717) is 12.1 Å². The van der Waals surface area contributed by atoms with Crippen LogP contribution >= 0.6 is 0 Å². The molecule has 0 fully saturated rings. The van der Waals surface area contributed by atoms with Crippen LogP contribution in [0.5, 0.6) is 0 Å². The Bertz CT molecular complexity index is 594. The lowest BCUT2D eigenvalue weighted by molar-refractivity contribution is 0.0692. The van der Waals surface area contributed by atoms with Crippen LogP contribution in [-0.2, 0) is 6.54 Å². The van der Waals surface area contributed by atoms with E-state index in [1.165, 1.54) is 17.7 Å². The lowest BCUT2D eigenvalue weighted by Gasteiger charge is -2.07. The van der Waals surface area contributed by atoms with Gasteiger partial charge in [-0.25, -0.2) is 9.18 Å². The molecule has 0 saturated carbocycles. The molecule has 19 heavy (non-hydrogen) atoms. The van der Waals surface area contributed by atoms with Crippen molar-refractivity contribution in [3.8, 4) is 0 Å². The van der Waals surface area contributed by atoms with Crippen molar-refractivity contribution in [2.24, 2.45) is 0 Å². The van der Waals surface area contributed by atoms with Gasteiger partial charge in [0.15, 0.2) is 0 Å². The summed E-state index contributed by atoms with van der Waals surface area (Å²) >= 11 is 0. The van der Waals surface area contributed by atoms with Crippen LogP contribution in [0.1, 0.15) is 21.5 Å². The normalized spacial score (nSPS) is 10.2. The molecule has 3 nitrogen and oxygen atoms in total. The minimum absolute atomic E-state index is 0.306. The van der Waals surface area contributed by atoms with Crippen molar-refractivity contribution in [1.29, 1.82) is 0 Å². The monoisotopic (exact) mass is 259 g/mol. The van der Waals surface area contributed by atoms with E-state index in [4.69, 9.17) is 5.11 Å². The number of nitrogens with one attached hydrogen (secondary N) is 1. The van der Waals surface area contributed by atoms with E-state index in [0.717, 1.165) is 5.69 Å². The highest BCUT2D eigenvalue weighted by Crippen LogP contribution is 2.14. The number of aryl methyl sites for hydroxylation is 1. The molecule has 2 rings (SSSR count). The van der Waals surface area contributed by atoms with E-state index in [-0.39, 0.29) is 5.56 Å². The molecular weight excluding hydrogens is 245 g/mol. The Morgan fingerprint density at radius 1 is 1.21 bits per heavy atom. The molecular formula is C15H14FNO2. The molecule has 0 aromatic heterocycles. The SMILES string of the molecule is Cc1ccc(NCc2ccc(C(=O)O)c(F)c2)cc1. The molecule has 0 radical (unpaired) electrons. The van der Waals surface area contributed by atoms with Crippen molar-refractivity contribution >= 4 is 11.7 Å². The van der Waals surface area contributed by atoms with Crippen LogP contribution in [-0.4, -0.2) is 11.1 Å². The average Bonchev–Trinajstić information content (AvgIpc) is 2.37. The summed E-state index contributed by atoms with van der Waals surface area (Å²) in [6.07, 6.45) is 0. The molecule has 2 aromatic carbocycles. The number of hydrogen-bond acceptors (Lipinski definition) is 2. The fourth-order valence-corrected chi connectivity index (χ4v) is 1.72. The second-order valence-electron chi connectivity index (χ2n) is 4.34. The maximum atomic E-state index is 13.5. The van der Waals surface area contributed by atoms with Crippen LogP contribution in [0.4, 0.5) is 10.1 Å². The number of carbonyl (C=O) groups is 1. The van der Waals surface area contributed by atoms with Crippen molar-refractivity contribution in [2.45, 2.75) is 13.5 Å². The Morgan fingerprint density at radius 2 is 1.89 bits per heavy atom. The summed E-state index contributed by atoms with van der Waals surface area (Å²) in [6, 6.07) is 12.0. The predicted octanol–water partition coefficient (Wildman–Crippen LogP) is 3.44. The summed E-state index contributed by atoms with van der Waals surface area (Å²) in [6.45, 7) is 2.45. The summed E-state index contributed by atoms with van der Waals surface area (Å²) in [5.41, 5.74) is 2.50. The molecule has 4 heteroatoms. The minimum Gasteiger partial charge on any atom is -0.478 e. The maximum Gasteiger partial charge on any atom is 0.338 e. The molecule has 0 heterocycles. The van der Waals surface area contributed by atoms with Crippen molar-refractivity contribution in [3.05, 3.63) is 65.0 Å². The highest BCUT2D eigenvalue weighted by atomic mass is 19.1. The summed E-state index contributed by atoms with van der Waals surface area (Å²) in [5.74, 6) is -1.97. The zero-order chi connectivity index (χ0) is 13.8. The van der Waals surface area contributed by atoms with Crippen LogP contribution < -0.4 is 5.32 Å². The number of rotatable bonds is 4. The fraction of sp³-hybridized carbons (Fsp3) is 0.133. The van der Waals surface area contributed by atoms with Gasteiger partial charge in [-0.3, -0.25) is 0 Å². The molecule has 0 atom stereocenters. The van der Waals surface area contributed by atoms with Gasteiger partial charge in [-0.05, 0) is 36.8 Å². The average molecular weight is 259 g/mol. The Balaban J connectivity index is 2.06. The zero-order valence-corrected chi connectivity index (χ0v) is 10.5. The molecule has 0 aliphatic heterocycles. The third-order valence-corrected chi connectivity index (χ3v) is 2.81. The minimum atomic E-state index is -1.25. The molecule has 98 valence electrons. The van der Waals surface area contributed by atoms with Crippen molar-refractivity contribution in [1.82, 2.24) is 0 Å². The Labute approximate surface area is 110 Å². The molecule has 0 aliphatic rings. The Morgan fingerprint density at radius 3 is 2.47 bits per heavy atom. The van der Waals surface area contributed by atoms with E-state index in [2.05, 4.69) is 5.32 Å². The van der Waals surface area contributed by atoms with Crippen LogP contribution in [0.2, 0.25) is 0 Å². The van der Waals surface area contributed by atoms with Gasteiger partial charge in [-0.1, -0.05) is 23.8 Å². The molecule has 0 unspecified atom stereocenters. The lowest BCUT2D eigenvalue weighted by atomic mass is 10.1. The first kappa shape index (κ1) is 13.1. The highest BCUT2D eigenvalue weighted by molar-refractivity contribution is 5.87. The smallest absolute Gasteiger partial charge is 0.338 e. The van der Waals surface area contributed by atoms with Crippen LogP contribution in [0.15, 0.2) is 42.5 Å². The van der Waals surface area contributed by atoms with Gasteiger partial charge >= 0.3 is 5.97 Å². The lowest BCUT2D eigenvalue weighted by Crippen LogP contribution is -2.04. The number of carboxylic acid groups (broad SMARTS) is 1. The number of hydrogen-bond donors (Lipinski definition) is 2. The number of benzene rings is 2. The summed E-state index contributed by atoms with van der Waals surface area (Å²) < 4.78 is 13.5. The van der Waals surface area contributed by atoms with Gasteiger partial charge in [0.1, 0.15) is 5.82 Å². The van der Waals surface area contributed by atoms with Gasteiger partial charge < -0.3 is 10.4 Å². The first-order chi connectivity index (χ1) is 9.06. The highest BCUT2D eigenvalue weighted by Gasteiger charge is 2.09. The van der Waals surface area contributed by atoms with E-state index in [9.17, 15) is 9.18 Å². The van der Waals surface area contributed by atoms with Gasteiger partial charge in [-0.2, -0.15) is 0 Å². The van der Waals surface area contributed by atoms with Gasteiger partial charge in [-0.15, -0.1) is 0 Å². The number of carboxylic acids is 1. The first-order valence-corrected chi connectivity index (χ1v) is 5.88. The van der Waals surface area contributed by atoms with Crippen molar-refractivity contribution in [2.75, 3.05) is 5.32 Å². The van der Waals surface area contributed by atoms with Gasteiger partial charge in [0, 0.05) is 12.2 Å². The van der Waals surface area contributed by atoms with Crippen molar-refractivity contribution < 1.29 is 14.3 Å². The second-order valence-corrected chi connectivity index (χ2v) is 4.34. The predicted molar refractivity (Wildman–Crippen MR) is 71.9 cm³/mol. The standard InChI is InChI=1S/C15H14FNO2/c1-10-2-5-12(6-3-10)17-9-11-4-7-13(15(18)19)14(16)8-11/h2-8,17H,9H2,1H3,(H,18,19). The zero-order valence-electron chi connectivity index (χ0n) is 10.5. The van der Waals surface area contributed by atoms with Gasteiger partial charge in [0.05, 0.1) is 5.56 Å². The third kappa shape index (κ3) is 3.31. The maximum absolute atomic E-state index is 13.5. The van der Waals surface area contributed by atoms with Crippen LogP contribution in [0.3, 0.4) is 0 Å². The molecule has 0 spiro atoms. The number of halogens is 1. The summed E-state index contributed by atoms with van der Waals surface area (Å²) in [7, 11) is 0. The van der Waals surface area contributed by atoms with Gasteiger partial charge in [0.25, 0.3) is 0 Å². The fourth-order valence-electron chi connectivity index (χ4n) is 1.72. The van der Waals surface area contributed by atoms with E-state index < -0.39 is 11.8 Å². The van der Waals surface area contributed by atoms with Crippen LogP contribution in [0.25, 0.3) is 0 Å². The molecule has 2 aromatic rings. The third-order valence-electron chi connectivity index (χ3n) is 2.81. The summed E-state index contributed by atoms with van der Waals surface area (Å²) in [5, 5.41) is 11.9. The largest absolute Gasteiger partial charge is 0.478 e. The van der Waals surface area contributed by atoms with E-state index in [1.807, 2.05) is 31.2 Å². The second kappa shape index (κ2) is 5.52. The molecule has 2 N–H and O–H groups in total. The topological polar surface area (TPSA) is 49.3 Å². The Hall–Kier alpha value is -2.36. The molecule has 0 aliphatic carbocycles. The van der Waals surface area contributed by atoms with Crippen LogP contribution in [0, 0.1) is 12.7 Å². The van der Waals surface area contributed by atoms with Gasteiger partial charge in [0.2, 0.25) is 0 Å². The molecule has 0 bridgehead atoms. The van der Waals surface area contributed by atoms with E-state index in [1.54, 1.807) is 6.07 Å². The van der Waals surface area contributed by atoms with E-state index >= 15 is 0 Å². The molecule has 0 amide bonds. The number of aromatic carboxylic acids is 1. The quantitative estimate of drug-likeness (QED) is 0.884. The molecule has 0 saturated heterocycles. The summed E-state index contributed by atoms with van der Waals surface area (Å²) in [4.78, 5) is 10.7.